The average Bonchev–Trinajstić information content (AvgIpc) is 2.08. The predicted molar refractivity (Wildman–Crippen MR) is 45.6 cm³/mol. The van der Waals surface area contributed by atoms with Crippen molar-refractivity contribution < 1.29 is 29.7 Å². The zero-order chi connectivity index (χ0) is 11.8. The summed E-state index contributed by atoms with van der Waals surface area (Å²) in [5.41, 5.74) is 0. The Morgan fingerprint density at radius 1 is 1.40 bits per heavy atom. The molecule has 86 valence electrons. The number of carboxylic acids is 2. The summed E-state index contributed by atoms with van der Waals surface area (Å²) in [4.78, 5) is 34.5. The Morgan fingerprint density at radius 2 is 2.00 bits per heavy atom. The first-order chi connectivity index (χ1) is 6.93. The molecule has 0 heterocycles. The van der Waals surface area contributed by atoms with Gasteiger partial charge in [-0.2, -0.15) is 0 Å². The number of carboxylic acid groups (broad SMARTS) is 2. The van der Waals surface area contributed by atoms with Gasteiger partial charge in [-0.05, 0) is 12.8 Å². The van der Waals surface area contributed by atoms with Gasteiger partial charge in [-0.1, -0.05) is 0 Å². The van der Waals surface area contributed by atoms with Crippen LogP contribution < -0.4 is 0 Å². The van der Waals surface area contributed by atoms with Crippen molar-refractivity contribution >= 4 is 11.9 Å². The third kappa shape index (κ3) is 7.23. The van der Waals surface area contributed by atoms with Crippen molar-refractivity contribution in [3.05, 3.63) is 10.1 Å². The number of rotatable bonds is 8. The zero-order valence-electron chi connectivity index (χ0n) is 7.79. The fourth-order valence-electron chi connectivity index (χ4n) is 0.992. The van der Waals surface area contributed by atoms with Crippen LogP contribution >= 0.6 is 0 Å². The number of hydrogen-bond acceptors (Lipinski definition) is 5. The van der Waals surface area contributed by atoms with Gasteiger partial charge in [0.25, 0.3) is 5.09 Å². The maximum absolute atomic E-state index is 10.5. The van der Waals surface area contributed by atoms with Gasteiger partial charge in [-0.3, -0.25) is 9.59 Å². The van der Waals surface area contributed by atoms with Crippen molar-refractivity contribution in [1.29, 1.82) is 0 Å². The first-order valence-electron chi connectivity index (χ1n) is 4.15. The highest BCUT2D eigenvalue weighted by Gasteiger charge is 2.20. The molecule has 0 rings (SSSR count). The Kier molecular flexibility index (Phi) is 5.76. The summed E-state index contributed by atoms with van der Waals surface area (Å²) in [6, 6.07) is 0. The van der Waals surface area contributed by atoms with Gasteiger partial charge >= 0.3 is 11.9 Å². The van der Waals surface area contributed by atoms with Crippen LogP contribution in [-0.4, -0.2) is 33.8 Å². The Labute approximate surface area is 84.6 Å². The van der Waals surface area contributed by atoms with E-state index in [1.54, 1.807) is 0 Å². The summed E-state index contributed by atoms with van der Waals surface area (Å²) < 4.78 is 0. The third-order valence-electron chi connectivity index (χ3n) is 1.66. The number of hydrogen-bond donors (Lipinski definition) is 2. The van der Waals surface area contributed by atoms with E-state index in [9.17, 15) is 19.7 Å². The van der Waals surface area contributed by atoms with Crippen LogP contribution in [0.2, 0.25) is 0 Å². The zero-order valence-corrected chi connectivity index (χ0v) is 7.79. The molecular formula is C7H11NO7. The second-order valence-electron chi connectivity index (χ2n) is 2.83. The molecule has 0 saturated heterocycles. The molecule has 0 saturated carbocycles. The molecule has 0 spiro atoms. The molecule has 0 aliphatic carbocycles. The Morgan fingerprint density at radius 3 is 2.40 bits per heavy atom. The molecule has 1 unspecified atom stereocenters. The number of aliphatic carboxylic acids is 2. The van der Waals surface area contributed by atoms with Crippen LogP contribution in [-0.2, 0) is 14.4 Å². The minimum absolute atomic E-state index is 0.0372. The van der Waals surface area contributed by atoms with Crippen molar-refractivity contribution in [3.63, 3.8) is 0 Å². The van der Waals surface area contributed by atoms with Crippen LogP contribution in [0.5, 0.6) is 0 Å². The van der Waals surface area contributed by atoms with E-state index in [1.807, 2.05) is 0 Å². The molecule has 0 aliphatic heterocycles. The van der Waals surface area contributed by atoms with E-state index in [-0.39, 0.29) is 19.4 Å². The molecular weight excluding hydrogens is 210 g/mol. The number of carbonyl (C=O) groups is 2. The topological polar surface area (TPSA) is 127 Å². The summed E-state index contributed by atoms with van der Waals surface area (Å²) >= 11 is 0. The van der Waals surface area contributed by atoms with Gasteiger partial charge in [0.15, 0.2) is 0 Å². The molecule has 1 atom stereocenters. The lowest BCUT2D eigenvalue weighted by atomic mass is 10.0. The van der Waals surface area contributed by atoms with E-state index in [0.717, 1.165) is 0 Å². The smallest absolute Gasteiger partial charge is 0.307 e. The van der Waals surface area contributed by atoms with Gasteiger partial charge in [-0.25, -0.2) is 0 Å². The molecule has 8 heteroatoms. The summed E-state index contributed by atoms with van der Waals surface area (Å²) in [5, 5.41) is 25.7. The molecule has 0 amide bonds. The largest absolute Gasteiger partial charge is 0.481 e. The highest BCUT2D eigenvalue weighted by Crippen LogP contribution is 2.11. The first kappa shape index (κ1) is 13.1. The number of nitrogens with zero attached hydrogens (tertiary/aromatic N) is 1. The molecule has 8 nitrogen and oxygen atoms in total. The van der Waals surface area contributed by atoms with Crippen LogP contribution in [0.25, 0.3) is 0 Å². The van der Waals surface area contributed by atoms with Gasteiger partial charge in [0.2, 0.25) is 0 Å². The van der Waals surface area contributed by atoms with Crippen LogP contribution in [0.4, 0.5) is 0 Å². The molecule has 2 N–H and O–H groups in total. The molecule has 0 bridgehead atoms. The molecule has 0 aliphatic rings. The summed E-state index contributed by atoms with van der Waals surface area (Å²) in [5.74, 6) is -3.46. The Bertz CT molecular complexity index is 252. The second kappa shape index (κ2) is 6.57. The molecule has 15 heavy (non-hydrogen) atoms. The monoisotopic (exact) mass is 221 g/mol. The second-order valence-corrected chi connectivity index (χ2v) is 2.83. The lowest BCUT2D eigenvalue weighted by Crippen LogP contribution is -2.18. The van der Waals surface area contributed by atoms with Crippen molar-refractivity contribution in [2.45, 2.75) is 19.3 Å². The fourth-order valence-corrected chi connectivity index (χ4v) is 0.992. The van der Waals surface area contributed by atoms with Crippen molar-refractivity contribution in [3.8, 4) is 0 Å². The van der Waals surface area contributed by atoms with E-state index in [1.165, 1.54) is 0 Å². The predicted octanol–water partition coefficient (Wildman–Crippen LogP) is 0.150. The highest BCUT2D eigenvalue weighted by atomic mass is 16.9. The van der Waals surface area contributed by atoms with E-state index < -0.39 is 29.4 Å². The van der Waals surface area contributed by atoms with Crippen LogP contribution in [0.3, 0.4) is 0 Å². The molecule has 0 aromatic rings. The van der Waals surface area contributed by atoms with E-state index in [4.69, 9.17) is 10.2 Å². The van der Waals surface area contributed by atoms with Crippen LogP contribution in [0, 0.1) is 16.0 Å². The fraction of sp³-hybridized carbons (Fsp3) is 0.714. The van der Waals surface area contributed by atoms with E-state index in [0.29, 0.717) is 0 Å². The van der Waals surface area contributed by atoms with Crippen LogP contribution in [0.1, 0.15) is 19.3 Å². The average molecular weight is 221 g/mol. The summed E-state index contributed by atoms with van der Waals surface area (Å²) in [7, 11) is 0. The Hall–Kier alpha value is -1.86. The van der Waals surface area contributed by atoms with Gasteiger partial charge < -0.3 is 15.1 Å². The minimum atomic E-state index is -1.22. The first-order valence-corrected chi connectivity index (χ1v) is 4.15. The molecule has 0 radical (unpaired) electrons. The maximum atomic E-state index is 10.5. The SMILES string of the molecule is O=C(O)CC(CCCO[N+](=O)[O-])C(=O)O. The Balaban J connectivity index is 3.81. The van der Waals surface area contributed by atoms with Gasteiger partial charge in [0, 0.05) is 0 Å². The van der Waals surface area contributed by atoms with Crippen LogP contribution in [0.15, 0.2) is 0 Å². The minimum Gasteiger partial charge on any atom is -0.481 e. The lowest BCUT2D eigenvalue weighted by molar-refractivity contribution is -0.757. The lowest BCUT2D eigenvalue weighted by Gasteiger charge is -2.08. The summed E-state index contributed by atoms with van der Waals surface area (Å²) in [6.45, 7) is -0.226. The summed E-state index contributed by atoms with van der Waals surface area (Å²) in [6.07, 6.45) is -0.325. The normalized spacial score (nSPS) is 11.7. The maximum Gasteiger partial charge on any atom is 0.307 e. The standard InChI is InChI=1S/C7H11NO7/c9-6(10)4-5(7(11)12)2-1-3-15-8(13)14/h5H,1-4H2,(H,9,10)(H,11,12). The van der Waals surface area contributed by atoms with Gasteiger partial charge in [0.1, 0.15) is 0 Å². The molecule has 0 fully saturated rings. The molecule has 0 aromatic heterocycles. The van der Waals surface area contributed by atoms with Gasteiger partial charge in [0.05, 0.1) is 18.9 Å². The highest BCUT2D eigenvalue weighted by molar-refractivity contribution is 5.77. The van der Waals surface area contributed by atoms with Crippen molar-refractivity contribution in [2.24, 2.45) is 5.92 Å². The van der Waals surface area contributed by atoms with E-state index in [2.05, 4.69) is 4.84 Å². The van der Waals surface area contributed by atoms with E-state index >= 15 is 0 Å². The third-order valence-corrected chi connectivity index (χ3v) is 1.66. The quantitative estimate of drug-likeness (QED) is 0.339. The molecule has 0 aromatic carbocycles. The van der Waals surface area contributed by atoms with Gasteiger partial charge in [-0.15, -0.1) is 10.1 Å². The van der Waals surface area contributed by atoms with Crippen molar-refractivity contribution in [1.82, 2.24) is 0 Å². The van der Waals surface area contributed by atoms with Crippen molar-refractivity contribution in [2.75, 3.05) is 6.61 Å².